The van der Waals surface area contributed by atoms with Gasteiger partial charge in [-0.3, -0.25) is 4.79 Å². The third-order valence-corrected chi connectivity index (χ3v) is 3.51. The highest BCUT2D eigenvalue weighted by Gasteiger charge is 2.10. The summed E-state index contributed by atoms with van der Waals surface area (Å²) in [5, 5.41) is 3.96. The van der Waals surface area contributed by atoms with Crippen LogP contribution in [0.25, 0.3) is 10.9 Å². The number of fused-ring (bicyclic) bond motifs is 1. The zero-order chi connectivity index (χ0) is 14.8. The lowest BCUT2D eigenvalue weighted by molar-refractivity contribution is -0.115. The summed E-state index contributed by atoms with van der Waals surface area (Å²) >= 11 is 0. The summed E-state index contributed by atoms with van der Waals surface area (Å²) in [5.74, 6) is 0.546. The van der Waals surface area contributed by atoms with E-state index in [1.807, 2.05) is 55.1 Å². The van der Waals surface area contributed by atoms with Crippen molar-refractivity contribution in [3.63, 3.8) is 0 Å². The highest BCUT2D eigenvalue weighted by Crippen LogP contribution is 2.21. The molecular weight excluding hydrogens is 262 g/mol. The predicted molar refractivity (Wildman–Crippen MR) is 84.2 cm³/mol. The number of aromatic nitrogens is 2. The summed E-state index contributed by atoms with van der Waals surface area (Å²) in [4.78, 5) is 16.3. The Kier molecular flexibility index (Phi) is 3.44. The molecule has 0 aliphatic rings. The highest BCUT2D eigenvalue weighted by molar-refractivity contribution is 5.95. The summed E-state index contributed by atoms with van der Waals surface area (Å²) in [6.07, 6.45) is 4.05. The van der Waals surface area contributed by atoms with Crippen LogP contribution in [0.3, 0.4) is 0 Å². The minimum absolute atomic E-state index is 0.0514. The van der Waals surface area contributed by atoms with Crippen LogP contribution < -0.4 is 5.32 Å². The molecule has 0 bridgehead atoms. The molecular formula is C17H17N3O. The molecule has 0 fully saturated rings. The van der Waals surface area contributed by atoms with E-state index in [1.165, 1.54) is 0 Å². The van der Waals surface area contributed by atoms with Gasteiger partial charge < -0.3 is 9.88 Å². The van der Waals surface area contributed by atoms with Crippen molar-refractivity contribution in [2.75, 3.05) is 5.32 Å². The summed E-state index contributed by atoms with van der Waals surface area (Å²) in [6.45, 7) is 1.97. The molecule has 106 valence electrons. The molecule has 0 unspecified atom stereocenters. The number of hydrogen-bond donors (Lipinski definition) is 1. The van der Waals surface area contributed by atoms with E-state index in [-0.39, 0.29) is 5.91 Å². The zero-order valence-electron chi connectivity index (χ0n) is 12.1. The lowest BCUT2D eigenvalue weighted by atomic mass is 10.1. The molecule has 0 saturated carbocycles. The number of anilines is 1. The van der Waals surface area contributed by atoms with Gasteiger partial charge in [-0.05, 0) is 36.2 Å². The largest absolute Gasteiger partial charge is 0.350 e. The number of carbonyl (C=O) groups is 1. The SMILES string of the molecule is Cc1ccnc(NC(=O)Cc2cn(C)c3ccccc23)c1. The number of hydrogen-bond acceptors (Lipinski definition) is 2. The van der Waals surface area contributed by atoms with Gasteiger partial charge in [0.15, 0.2) is 0 Å². The Bertz CT molecular complexity index is 805. The first-order chi connectivity index (χ1) is 10.1. The maximum atomic E-state index is 12.2. The molecule has 0 aliphatic carbocycles. The summed E-state index contributed by atoms with van der Waals surface area (Å²) in [5.41, 5.74) is 3.23. The third-order valence-electron chi connectivity index (χ3n) is 3.51. The molecule has 0 aliphatic heterocycles. The summed E-state index contributed by atoms with van der Waals surface area (Å²) in [6, 6.07) is 11.9. The zero-order valence-corrected chi connectivity index (χ0v) is 12.1. The Morgan fingerprint density at radius 3 is 2.90 bits per heavy atom. The van der Waals surface area contributed by atoms with Gasteiger partial charge in [0.25, 0.3) is 0 Å². The third kappa shape index (κ3) is 2.79. The van der Waals surface area contributed by atoms with E-state index >= 15 is 0 Å². The van der Waals surface area contributed by atoms with Gasteiger partial charge >= 0.3 is 0 Å². The second kappa shape index (κ2) is 5.40. The fraction of sp³-hybridized carbons (Fsp3) is 0.176. The first-order valence-corrected chi connectivity index (χ1v) is 6.89. The number of nitrogens with zero attached hydrogens (tertiary/aromatic N) is 2. The normalized spacial score (nSPS) is 10.8. The number of nitrogens with one attached hydrogen (secondary N) is 1. The fourth-order valence-corrected chi connectivity index (χ4v) is 2.53. The van der Waals surface area contributed by atoms with E-state index in [4.69, 9.17) is 0 Å². The molecule has 1 amide bonds. The number of carbonyl (C=O) groups excluding carboxylic acids is 1. The van der Waals surface area contributed by atoms with Crippen LogP contribution in [0, 0.1) is 6.92 Å². The van der Waals surface area contributed by atoms with Crippen LogP contribution >= 0.6 is 0 Å². The minimum Gasteiger partial charge on any atom is -0.350 e. The molecule has 3 rings (SSSR count). The second-order valence-electron chi connectivity index (χ2n) is 5.23. The van der Waals surface area contributed by atoms with E-state index in [1.54, 1.807) is 6.20 Å². The molecule has 2 heterocycles. The average Bonchev–Trinajstić information content (AvgIpc) is 2.76. The van der Waals surface area contributed by atoms with E-state index in [9.17, 15) is 4.79 Å². The lowest BCUT2D eigenvalue weighted by Gasteiger charge is -2.04. The van der Waals surface area contributed by atoms with Gasteiger partial charge in [-0.25, -0.2) is 4.98 Å². The van der Waals surface area contributed by atoms with E-state index in [2.05, 4.69) is 16.4 Å². The Hall–Kier alpha value is -2.62. The Balaban J connectivity index is 1.80. The van der Waals surface area contributed by atoms with Gasteiger partial charge in [0.05, 0.1) is 6.42 Å². The molecule has 4 heteroatoms. The topological polar surface area (TPSA) is 46.9 Å². The molecule has 21 heavy (non-hydrogen) atoms. The van der Waals surface area contributed by atoms with Crippen molar-refractivity contribution in [3.8, 4) is 0 Å². The Morgan fingerprint density at radius 1 is 1.29 bits per heavy atom. The fourth-order valence-electron chi connectivity index (χ4n) is 2.53. The van der Waals surface area contributed by atoms with Crippen LogP contribution in [-0.2, 0) is 18.3 Å². The van der Waals surface area contributed by atoms with Crippen molar-refractivity contribution in [2.24, 2.45) is 7.05 Å². The van der Waals surface area contributed by atoms with Crippen LogP contribution in [0.4, 0.5) is 5.82 Å². The van der Waals surface area contributed by atoms with Gasteiger partial charge in [-0.1, -0.05) is 18.2 Å². The summed E-state index contributed by atoms with van der Waals surface area (Å²) < 4.78 is 2.04. The maximum absolute atomic E-state index is 12.2. The Morgan fingerprint density at radius 2 is 2.10 bits per heavy atom. The average molecular weight is 279 g/mol. The first kappa shape index (κ1) is 13.4. The van der Waals surface area contributed by atoms with Gasteiger partial charge in [-0.2, -0.15) is 0 Å². The van der Waals surface area contributed by atoms with Crippen molar-refractivity contribution in [1.82, 2.24) is 9.55 Å². The number of amides is 1. The highest BCUT2D eigenvalue weighted by atomic mass is 16.1. The number of para-hydroxylation sites is 1. The van der Waals surface area contributed by atoms with E-state index in [0.717, 1.165) is 22.0 Å². The van der Waals surface area contributed by atoms with Crippen LogP contribution in [-0.4, -0.2) is 15.5 Å². The van der Waals surface area contributed by atoms with E-state index < -0.39 is 0 Å². The minimum atomic E-state index is -0.0514. The molecule has 1 aromatic carbocycles. The Labute approximate surface area is 123 Å². The molecule has 0 spiro atoms. The van der Waals surface area contributed by atoms with Gasteiger partial charge in [0.2, 0.25) is 5.91 Å². The van der Waals surface area contributed by atoms with Crippen LogP contribution in [0.5, 0.6) is 0 Å². The quantitative estimate of drug-likeness (QED) is 0.801. The molecule has 0 radical (unpaired) electrons. The number of aryl methyl sites for hydroxylation is 2. The van der Waals surface area contributed by atoms with Crippen LogP contribution in [0.2, 0.25) is 0 Å². The van der Waals surface area contributed by atoms with Crippen molar-refractivity contribution in [1.29, 1.82) is 0 Å². The predicted octanol–water partition coefficient (Wildman–Crippen LogP) is 3.06. The first-order valence-electron chi connectivity index (χ1n) is 6.89. The van der Waals surface area contributed by atoms with Crippen molar-refractivity contribution in [2.45, 2.75) is 13.3 Å². The van der Waals surface area contributed by atoms with Crippen molar-refractivity contribution in [3.05, 3.63) is 59.9 Å². The molecule has 0 atom stereocenters. The standard InChI is InChI=1S/C17H17N3O/c1-12-7-8-18-16(9-12)19-17(21)10-13-11-20(2)15-6-4-3-5-14(13)15/h3-9,11H,10H2,1-2H3,(H,18,19,21). The molecule has 2 aromatic heterocycles. The maximum Gasteiger partial charge on any atom is 0.230 e. The molecule has 4 nitrogen and oxygen atoms in total. The molecule has 3 aromatic rings. The van der Waals surface area contributed by atoms with Gasteiger partial charge in [-0.15, -0.1) is 0 Å². The van der Waals surface area contributed by atoms with Crippen LogP contribution in [0.15, 0.2) is 48.8 Å². The van der Waals surface area contributed by atoms with Gasteiger partial charge in [0.1, 0.15) is 5.82 Å². The van der Waals surface area contributed by atoms with Crippen molar-refractivity contribution < 1.29 is 4.79 Å². The smallest absolute Gasteiger partial charge is 0.230 e. The monoisotopic (exact) mass is 279 g/mol. The number of pyridine rings is 1. The number of benzene rings is 1. The van der Waals surface area contributed by atoms with Gasteiger partial charge in [0, 0.05) is 30.3 Å². The molecule has 0 saturated heterocycles. The van der Waals surface area contributed by atoms with E-state index in [0.29, 0.717) is 12.2 Å². The lowest BCUT2D eigenvalue weighted by Crippen LogP contribution is -2.15. The summed E-state index contributed by atoms with van der Waals surface area (Å²) in [7, 11) is 1.99. The molecule has 1 N–H and O–H groups in total. The van der Waals surface area contributed by atoms with Crippen molar-refractivity contribution >= 4 is 22.6 Å². The van der Waals surface area contributed by atoms with Crippen LogP contribution in [0.1, 0.15) is 11.1 Å². The number of rotatable bonds is 3. The second-order valence-corrected chi connectivity index (χ2v) is 5.23.